The Hall–Kier alpha value is -2.47. The molecule has 2 aliphatic heterocycles. The van der Waals surface area contributed by atoms with Gasteiger partial charge in [0, 0.05) is 37.6 Å². The zero-order valence-corrected chi connectivity index (χ0v) is 14.2. The van der Waals surface area contributed by atoms with E-state index in [4.69, 9.17) is 20.8 Å². The maximum Gasteiger partial charge on any atom is 0.289 e. The second-order valence-corrected chi connectivity index (χ2v) is 6.59. The van der Waals surface area contributed by atoms with Gasteiger partial charge in [-0.2, -0.15) is 0 Å². The zero-order valence-electron chi connectivity index (χ0n) is 13.5. The zero-order chi connectivity index (χ0) is 17.4. The summed E-state index contributed by atoms with van der Waals surface area (Å²) in [5, 5.41) is 0.639. The molecule has 1 atom stereocenters. The van der Waals surface area contributed by atoms with Gasteiger partial charge in [0.05, 0.1) is 6.26 Å². The van der Waals surface area contributed by atoms with Crippen LogP contribution in [-0.4, -0.2) is 53.9 Å². The number of carbonyl (C=O) groups is 2. The number of amides is 2. The predicted molar refractivity (Wildman–Crippen MR) is 90.8 cm³/mol. The Morgan fingerprint density at radius 1 is 1.08 bits per heavy atom. The van der Waals surface area contributed by atoms with Crippen LogP contribution in [0.1, 0.15) is 16.1 Å². The monoisotopic (exact) mass is 360 g/mol. The Balaban J connectivity index is 1.35. The molecule has 130 valence electrons. The van der Waals surface area contributed by atoms with Crippen molar-refractivity contribution in [1.29, 1.82) is 0 Å². The van der Waals surface area contributed by atoms with E-state index in [9.17, 15) is 9.59 Å². The summed E-state index contributed by atoms with van der Waals surface area (Å²) in [6.07, 6.45) is 1.50. The molecular formula is C18H17ClN2O4. The number of ether oxygens (including phenoxy) is 1. The molecule has 4 rings (SSSR count). The van der Waals surface area contributed by atoms with Crippen molar-refractivity contribution in [2.75, 3.05) is 26.2 Å². The van der Waals surface area contributed by atoms with Gasteiger partial charge in [-0.1, -0.05) is 11.6 Å². The third kappa shape index (κ3) is 3.09. The smallest absolute Gasteiger partial charge is 0.289 e. The Kier molecular flexibility index (Phi) is 4.13. The van der Waals surface area contributed by atoms with Crippen molar-refractivity contribution in [3.05, 3.63) is 52.9 Å². The van der Waals surface area contributed by atoms with Gasteiger partial charge >= 0.3 is 0 Å². The van der Waals surface area contributed by atoms with Gasteiger partial charge in [0.1, 0.15) is 5.75 Å². The molecule has 0 N–H and O–H groups in total. The molecule has 1 aromatic carbocycles. The molecule has 2 aromatic rings. The van der Waals surface area contributed by atoms with Crippen LogP contribution in [-0.2, 0) is 11.2 Å². The number of furan rings is 1. The largest absolute Gasteiger partial charge is 0.480 e. The van der Waals surface area contributed by atoms with Crippen LogP contribution >= 0.6 is 11.6 Å². The molecule has 6 nitrogen and oxygen atoms in total. The fourth-order valence-corrected chi connectivity index (χ4v) is 3.44. The van der Waals surface area contributed by atoms with Crippen LogP contribution in [0.4, 0.5) is 0 Å². The van der Waals surface area contributed by atoms with E-state index in [1.807, 2.05) is 6.07 Å². The summed E-state index contributed by atoms with van der Waals surface area (Å²) in [6, 6.07) is 8.73. The first-order valence-electron chi connectivity index (χ1n) is 8.18. The maximum atomic E-state index is 12.7. The van der Waals surface area contributed by atoms with Gasteiger partial charge in [0.15, 0.2) is 11.9 Å². The number of rotatable bonds is 2. The molecule has 2 aliphatic rings. The van der Waals surface area contributed by atoms with Gasteiger partial charge in [-0.15, -0.1) is 0 Å². The van der Waals surface area contributed by atoms with Gasteiger partial charge < -0.3 is 19.0 Å². The number of carbonyl (C=O) groups excluding carboxylic acids is 2. The average Bonchev–Trinajstić information content (AvgIpc) is 3.30. The molecule has 7 heteroatoms. The SMILES string of the molecule is O=C(c1ccco1)N1CCN(C(=O)C2Cc3cc(Cl)ccc3O2)CC1. The standard InChI is InChI=1S/C18H17ClN2O4/c19-13-3-4-14-12(10-13)11-16(25-14)18(23)21-7-5-20(6-8-21)17(22)15-2-1-9-24-15/h1-4,9-10,16H,5-8,11H2. The molecule has 0 aliphatic carbocycles. The van der Waals surface area contributed by atoms with Crippen molar-refractivity contribution in [2.24, 2.45) is 0 Å². The second-order valence-electron chi connectivity index (χ2n) is 6.16. The highest BCUT2D eigenvalue weighted by atomic mass is 35.5. The van der Waals surface area contributed by atoms with E-state index in [1.54, 1.807) is 34.1 Å². The molecule has 0 radical (unpaired) electrons. The third-order valence-electron chi connectivity index (χ3n) is 4.58. The van der Waals surface area contributed by atoms with Crippen molar-refractivity contribution >= 4 is 23.4 Å². The number of benzene rings is 1. The van der Waals surface area contributed by atoms with E-state index in [0.29, 0.717) is 43.4 Å². The first-order valence-corrected chi connectivity index (χ1v) is 8.56. The molecule has 1 aromatic heterocycles. The lowest BCUT2D eigenvalue weighted by Gasteiger charge is -2.35. The third-order valence-corrected chi connectivity index (χ3v) is 4.82. The van der Waals surface area contributed by atoms with E-state index < -0.39 is 6.10 Å². The fourth-order valence-electron chi connectivity index (χ4n) is 3.24. The topological polar surface area (TPSA) is 63.0 Å². The number of hydrogen-bond acceptors (Lipinski definition) is 4. The Morgan fingerprint density at radius 3 is 2.56 bits per heavy atom. The summed E-state index contributed by atoms with van der Waals surface area (Å²) in [4.78, 5) is 28.4. The van der Waals surface area contributed by atoms with E-state index in [1.165, 1.54) is 6.26 Å². The lowest BCUT2D eigenvalue weighted by molar-refractivity contribution is -0.139. The van der Waals surface area contributed by atoms with Gasteiger partial charge in [-0.05, 0) is 35.9 Å². The van der Waals surface area contributed by atoms with Gasteiger partial charge in [0.25, 0.3) is 11.8 Å². The van der Waals surface area contributed by atoms with Gasteiger partial charge in [-0.25, -0.2) is 0 Å². The lowest BCUT2D eigenvalue weighted by atomic mass is 10.1. The van der Waals surface area contributed by atoms with Crippen LogP contribution in [0.2, 0.25) is 5.02 Å². The molecule has 0 spiro atoms. The summed E-state index contributed by atoms with van der Waals surface area (Å²) in [7, 11) is 0. The van der Waals surface area contributed by atoms with Crippen LogP contribution in [0.25, 0.3) is 0 Å². The number of piperazine rings is 1. The summed E-state index contributed by atoms with van der Waals surface area (Å²) < 4.78 is 10.9. The molecule has 1 unspecified atom stereocenters. The van der Waals surface area contributed by atoms with E-state index >= 15 is 0 Å². The quantitative estimate of drug-likeness (QED) is 0.823. The van der Waals surface area contributed by atoms with Crippen molar-refractivity contribution < 1.29 is 18.7 Å². The Labute approximate surface area is 149 Å². The second kappa shape index (κ2) is 6.44. The van der Waals surface area contributed by atoms with Crippen LogP contribution in [0.15, 0.2) is 41.0 Å². The number of nitrogens with zero attached hydrogens (tertiary/aromatic N) is 2. The van der Waals surface area contributed by atoms with Crippen molar-refractivity contribution in [2.45, 2.75) is 12.5 Å². The van der Waals surface area contributed by atoms with Crippen molar-refractivity contribution in [3.8, 4) is 5.75 Å². The minimum absolute atomic E-state index is 0.0441. The van der Waals surface area contributed by atoms with Crippen LogP contribution in [0, 0.1) is 0 Å². The van der Waals surface area contributed by atoms with Crippen LogP contribution < -0.4 is 4.74 Å². The molecule has 0 saturated carbocycles. The van der Waals surface area contributed by atoms with Crippen molar-refractivity contribution in [3.63, 3.8) is 0 Å². The van der Waals surface area contributed by atoms with Crippen LogP contribution in [0.5, 0.6) is 5.75 Å². The summed E-state index contributed by atoms with van der Waals surface area (Å²) in [5.41, 5.74) is 0.956. The molecule has 2 amide bonds. The van der Waals surface area contributed by atoms with E-state index in [0.717, 1.165) is 11.3 Å². The van der Waals surface area contributed by atoms with Gasteiger partial charge in [0.2, 0.25) is 0 Å². The average molecular weight is 361 g/mol. The van der Waals surface area contributed by atoms with Crippen molar-refractivity contribution in [1.82, 2.24) is 9.80 Å². The highest BCUT2D eigenvalue weighted by Crippen LogP contribution is 2.31. The first kappa shape index (κ1) is 16.0. The fraction of sp³-hybridized carbons (Fsp3) is 0.333. The highest BCUT2D eigenvalue weighted by Gasteiger charge is 2.34. The lowest BCUT2D eigenvalue weighted by Crippen LogP contribution is -2.53. The number of hydrogen-bond donors (Lipinski definition) is 0. The minimum atomic E-state index is -0.513. The molecule has 1 saturated heterocycles. The molecule has 3 heterocycles. The Morgan fingerprint density at radius 2 is 1.84 bits per heavy atom. The normalized spacial score (nSPS) is 19.5. The Bertz CT molecular complexity index is 797. The minimum Gasteiger partial charge on any atom is -0.480 e. The van der Waals surface area contributed by atoms with Crippen LogP contribution in [0.3, 0.4) is 0 Å². The van der Waals surface area contributed by atoms with E-state index in [2.05, 4.69) is 0 Å². The molecule has 25 heavy (non-hydrogen) atoms. The first-order chi connectivity index (χ1) is 12.1. The highest BCUT2D eigenvalue weighted by molar-refractivity contribution is 6.30. The number of fused-ring (bicyclic) bond motifs is 1. The summed E-state index contributed by atoms with van der Waals surface area (Å²) in [5.74, 6) is 0.856. The predicted octanol–water partition coefficient (Wildman–Crippen LogP) is 2.22. The summed E-state index contributed by atoms with van der Waals surface area (Å²) >= 11 is 5.99. The number of halogens is 1. The maximum absolute atomic E-state index is 12.7. The molecule has 1 fully saturated rings. The molecular weight excluding hydrogens is 344 g/mol. The van der Waals surface area contributed by atoms with Gasteiger partial charge in [-0.3, -0.25) is 9.59 Å². The van der Waals surface area contributed by atoms with E-state index in [-0.39, 0.29) is 11.8 Å². The summed E-state index contributed by atoms with van der Waals surface area (Å²) in [6.45, 7) is 1.94. The molecule has 0 bridgehead atoms.